The second-order valence-electron chi connectivity index (χ2n) is 19.7. The number of aliphatic hydroxyl groups excluding tert-OH is 2. The monoisotopic (exact) mass is 1060 g/mol. The Morgan fingerprint density at radius 2 is 1.68 bits per heavy atom. The van der Waals surface area contributed by atoms with E-state index >= 15 is 0 Å². The number of aromatic nitrogens is 1. The molecule has 6 rings (SSSR count). The number of halogens is 3. The van der Waals surface area contributed by atoms with Crippen molar-refractivity contribution in [2.24, 2.45) is 5.41 Å². The van der Waals surface area contributed by atoms with Crippen molar-refractivity contribution >= 4 is 63.7 Å². The second-order valence-corrected chi connectivity index (χ2v) is 21.0. The van der Waals surface area contributed by atoms with Gasteiger partial charge < -0.3 is 45.4 Å². The van der Waals surface area contributed by atoms with Crippen molar-refractivity contribution < 1.29 is 52.0 Å². The molecule has 4 amide bonds. The van der Waals surface area contributed by atoms with Crippen molar-refractivity contribution in [2.45, 2.75) is 90.8 Å². The van der Waals surface area contributed by atoms with Gasteiger partial charge in [-0.2, -0.15) is 18.4 Å². The predicted octanol–water partition coefficient (Wildman–Crippen LogP) is 5.58. The molecule has 22 heteroatoms. The Kier molecular flexibility index (Phi) is 19.0. The van der Waals surface area contributed by atoms with Crippen molar-refractivity contribution in [1.29, 1.82) is 5.26 Å². The fourth-order valence-corrected chi connectivity index (χ4v) is 10.1. The zero-order valence-electron chi connectivity index (χ0n) is 42.5. The van der Waals surface area contributed by atoms with E-state index in [2.05, 4.69) is 20.9 Å². The molecular formula is C52H64F3N9O8S2. The molecule has 1 aromatic heterocycles. The van der Waals surface area contributed by atoms with Crippen molar-refractivity contribution in [3.63, 3.8) is 0 Å². The number of thiazole rings is 1. The van der Waals surface area contributed by atoms with Gasteiger partial charge in [0.1, 0.15) is 30.0 Å². The first-order valence-corrected chi connectivity index (χ1v) is 25.5. The largest absolute Gasteiger partial charge is 0.492 e. The maximum atomic E-state index is 14.1. The van der Waals surface area contributed by atoms with Gasteiger partial charge in [-0.3, -0.25) is 29.0 Å². The zero-order valence-corrected chi connectivity index (χ0v) is 44.1. The second kappa shape index (κ2) is 24.5. The first kappa shape index (κ1) is 57.2. The highest BCUT2D eigenvalue weighted by Crippen LogP contribution is 2.40. The molecule has 2 fully saturated rings. The maximum absolute atomic E-state index is 14.1. The number of carbonyl (C=O) groups is 4. The van der Waals surface area contributed by atoms with Gasteiger partial charge in [0.2, 0.25) is 17.7 Å². The zero-order chi connectivity index (χ0) is 54.1. The van der Waals surface area contributed by atoms with E-state index in [1.807, 2.05) is 63.8 Å². The molecule has 3 aromatic carbocycles. The number of thiocarbonyl (C=S) groups is 1. The van der Waals surface area contributed by atoms with Gasteiger partial charge in [0, 0.05) is 44.8 Å². The van der Waals surface area contributed by atoms with Crippen LogP contribution in [0, 0.1) is 23.7 Å². The normalized spacial score (nSPS) is 17.6. The Hall–Kier alpha value is -6.06. The summed E-state index contributed by atoms with van der Waals surface area (Å²) < 4.78 is 53.0. The number of benzene rings is 3. The molecule has 4 atom stereocenters. The van der Waals surface area contributed by atoms with Crippen LogP contribution in [0.5, 0.6) is 5.75 Å². The maximum Gasteiger partial charge on any atom is 0.417 e. The number of nitrogens with zero attached hydrogens (tertiary/aromatic N) is 6. The van der Waals surface area contributed by atoms with E-state index in [0.717, 1.165) is 38.7 Å². The molecule has 2 aliphatic rings. The van der Waals surface area contributed by atoms with Crippen LogP contribution in [0.1, 0.15) is 76.4 Å². The van der Waals surface area contributed by atoms with Crippen molar-refractivity contribution in [3.05, 3.63) is 94.6 Å². The number of alkyl halides is 3. The van der Waals surface area contributed by atoms with Gasteiger partial charge in [0.05, 0.1) is 77.5 Å². The molecule has 3 heterocycles. The number of aliphatic hydroxyl groups is 2. The number of ether oxygens (including phenoxy) is 2. The number of nitrogens with one attached hydrogen (secondary N) is 3. The van der Waals surface area contributed by atoms with Crippen LogP contribution in [0.25, 0.3) is 10.4 Å². The SMILES string of the molecule is Cc1ncsc1-c1ccc([C@H](C)NC(=O)[C@@H]2C[C@@H](O)CN2C(=O)[C@@H](NC(=O)CNCCOCCN(CCO)CCOc2ccc(N3C(=S)N(c4ccc(C#N)c(C(F)(F)F)c4)C(=O)C3(C)C)cc2)C(C)(C)C)cc1. The smallest absolute Gasteiger partial charge is 0.417 e. The fourth-order valence-electron chi connectivity index (χ4n) is 8.79. The highest BCUT2D eigenvalue weighted by molar-refractivity contribution is 7.81. The molecule has 74 heavy (non-hydrogen) atoms. The summed E-state index contributed by atoms with van der Waals surface area (Å²) in [5.41, 5.74) is 1.33. The number of hydrogen-bond acceptors (Lipinski definition) is 14. The summed E-state index contributed by atoms with van der Waals surface area (Å²) in [6, 6.07) is 16.9. The molecule has 0 spiro atoms. The summed E-state index contributed by atoms with van der Waals surface area (Å²) in [4.78, 5) is 65.8. The van der Waals surface area contributed by atoms with Gasteiger partial charge in [-0.1, -0.05) is 45.0 Å². The topological polar surface area (TPSA) is 213 Å². The standard InChI is InChI=1S/C52H64F3N9O8S2/c1-32(34-8-10-35(11-9-34)44-33(2)58-31-74-44)59-46(68)42-27-39(66)30-62(42)47(69)45(50(3,4)5)60-43(67)29-57-18-23-71-24-20-61(19-22-65)21-25-72-40-16-14-37(15-17-40)64-49(73)63(48(70)51(64,6)7)38-13-12-36(28-56)41(26-38)52(53,54)55/h8-17,26,31-32,39,42,45,57,65-66H,18-25,27,29-30H2,1-7H3,(H,59,68)(H,60,67)/t32-,39+,42-,45+/m0/s1. The number of aryl methyl sites for hydroxylation is 1. The minimum atomic E-state index is -4.82. The van der Waals surface area contributed by atoms with Crippen LogP contribution < -0.4 is 30.5 Å². The average Bonchev–Trinajstić information content (AvgIpc) is 4.01. The minimum Gasteiger partial charge on any atom is -0.492 e. The molecular weight excluding hydrogens is 1000 g/mol. The summed E-state index contributed by atoms with van der Waals surface area (Å²) in [6.45, 7) is 14.7. The van der Waals surface area contributed by atoms with E-state index < -0.39 is 70.1 Å². The first-order chi connectivity index (χ1) is 35.0. The van der Waals surface area contributed by atoms with Crippen LogP contribution in [-0.2, 0) is 30.1 Å². The van der Waals surface area contributed by atoms with E-state index in [4.69, 9.17) is 21.7 Å². The number of likely N-dealkylation sites (tertiary alicyclic amines) is 1. The Bertz CT molecular complexity index is 2670. The van der Waals surface area contributed by atoms with Crippen molar-refractivity contribution in [1.82, 2.24) is 30.7 Å². The number of carbonyl (C=O) groups excluding carboxylic acids is 4. The third-order valence-corrected chi connectivity index (χ3v) is 14.2. The molecule has 0 radical (unpaired) electrons. The summed E-state index contributed by atoms with van der Waals surface area (Å²) in [7, 11) is 0. The number of rotatable bonds is 22. The fraction of sp³-hybridized carbons (Fsp3) is 0.481. The molecule has 0 aliphatic carbocycles. The van der Waals surface area contributed by atoms with E-state index in [-0.39, 0.29) is 56.2 Å². The van der Waals surface area contributed by atoms with Gasteiger partial charge in [-0.05, 0) is 98.9 Å². The predicted molar refractivity (Wildman–Crippen MR) is 278 cm³/mol. The van der Waals surface area contributed by atoms with E-state index in [0.29, 0.717) is 44.2 Å². The van der Waals surface area contributed by atoms with Crippen LogP contribution in [0.3, 0.4) is 0 Å². The van der Waals surface area contributed by atoms with Gasteiger partial charge in [0.25, 0.3) is 5.91 Å². The van der Waals surface area contributed by atoms with Crippen LogP contribution in [0.15, 0.2) is 72.2 Å². The van der Waals surface area contributed by atoms with Gasteiger partial charge in [-0.15, -0.1) is 11.3 Å². The number of nitriles is 1. The van der Waals surface area contributed by atoms with Crippen LogP contribution in [-0.4, -0.2) is 143 Å². The van der Waals surface area contributed by atoms with Crippen LogP contribution >= 0.6 is 23.6 Å². The van der Waals surface area contributed by atoms with Crippen LogP contribution in [0.4, 0.5) is 24.5 Å². The lowest BCUT2D eigenvalue weighted by Crippen LogP contribution is -2.58. The molecule has 0 unspecified atom stereocenters. The first-order valence-electron chi connectivity index (χ1n) is 24.2. The van der Waals surface area contributed by atoms with Gasteiger partial charge in [0.15, 0.2) is 5.11 Å². The van der Waals surface area contributed by atoms with E-state index in [1.54, 1.807) is 65.9 Å². The van der Waals surface area contributed by atoms with Gasteiger partial charge >= 0.3 is 6.18 Å². The van der Waals surface area contributed by atoms with Gasteiger partial charge in [-0.25, -0.2) is 4.98 Å². The highest BCUT2D eigenvalue weighted by atomic mass is 32.1. The third-order valence-electron chi connectivity index (χ3n) is 12.9. The molecule has 0 bridgehead atoms. The lowest BCUT2D eigenvalue weighted by Gasteiger charge is -2.35. The third kappa shape index (κ3) is 13.8. The Labute approximate surface area is 438 Å². The number of β-amino-alcohol motifs (C(OH)–C–C–N with tert-alkyl or cyclic N) is 1. The number of anilines is 2. The van der Waals surface area contributed by atoms with Crippen LogP contribution in [0.2, 0.25) is 0 Å². The average molecular weight is 1060 g/mol. The molecule has 17 nitrogen and oxygen atoms in total. The molecule has 4 aromatic rings. The summed E-state index contributed by atoms with van der Waals surface area (Å²) in [5, 5.41) is 38.4. The molecule has 0 saturated carbocycles. The molecule has 398 valence electrons. The van der Waals surface area contributed by atoms with Crippen molar-refractivity contribution in [2.75, 3.05) is 75.5 Å². The van der Waals surface area contributed by atoms with E-state index in [1.165, 1.54) is 11.0 Å². The number of hydrogen-bond donors (Lipinski definition) is 5. The number of amides is 4. The van der Waals surface area contributed by atoms with E-state index in [9.17, 15) is 47.8 Å². The Morgan fingerprint density at radius 1 is 1.00 bits per heavy atom. The highest BCUT2D eigenvalue weighted by Gasteiger charge is 2.51. The van der Waals surface area contributed by atoms with Crippen molar-refractivity contribution in [3.8, 4) is 22.3 Å². The summed E-state index contributed by atoms with van der Waals surface area (Å²) in [6.07, 6.45) is -5.66. The lowest BCUT2D eigenvalue weighted by molar-refractivity contribution is -0.144. The Morgan fingerprint density at radius 3 is 2.30 bits per heavy atom. The quantitative estimate of drug-likeness (QED) is 0.0481. The Balaban J connectivity index is 0.914. The molecule has 2 aliphatic heterocycles. The summed E-state index contributed by atoms with van der Waals surface area (Å²) in [5.74, 6) is -1.32. The minimum absolute atomic E-state index is 0.0292. The molecule has 5 N–H and O–H groups in total. The summed E-state index contributed by atoms with van der Waals surface area (Å²) >= 11 is 7.20. The molecule has 2 saturated heterocycles. The lowest BCUT2D eigenvalue weighted by atomic mass is 9.85.